The summed E-state index contributed by atoms with van der Waals surface area (Å²) in [6.45, 7) is 2.02. The summed E-state index contributed by atoms with van der Waals surface area (Å²) in [6, 6.07) is 13.8. The number of rotatable bonds is 4. The van der Waals surface area contributed by atoms with Crippen molar-refractivity contribution in [2.75, 3.05) is 0 Å². The van der Waals surface area contributed by atoms with Crippen molar-refractivity contribution < 1.29 is 18.0 Å². The molecule has 0 spiro atoms. The molecule has 1 aliphatic carbocycles. The Morgan fingerprint density at radius 2 is 1.89 bits per heavy atom. The molecule has 0 bridgehead atoms. The topological polar surface area (TPSA) is 57.8 Å². The molecule has 2 N–H and O–H groups in total. The smallest absolute Gasteiger partial charge is 0.345 e. The molecule has 1 saturated carbocycles. The predicted molar refractivity (Wildman–Crippen MR) is 94.8 cm³/mol. The number of aromatic nitrogens is 2. The number of carbonyl (C=O) groups is 1. The van der Waals surface area contributed by atoms with Crippen LogP contribution in [-0.4, -0.2) is 15.9 Å². The normalized spacial score (nSPS) is 20.4. The fourth-order valence-electron chi connectivity index (χ4n) is 3.28. The lowest BCUT2D eigenvalue weighted by Gasteiger charge is -2.20. The van der Waals surface area contributed by atoms with E-state index in [4.69, 9.17) is 0 Å². The molecule has 27 heavy (non-hydrogen) atoms. The Bertz CT molecular complexity index is 981. The van der Waals surface area contributed by atoms with E-state index in [1.165, 1.54) is 6.07 Å². The van der Waals surface area contributed by atoms with Gasteiger partial charge in [-0.15, -0.1) is 0 Å². The number of carbonyl (C=O) groups excluding carboxylic acids is 1. The maximum Gasteiger partial charge on any atom is 0.449 e. The zero-order valence-corrected chi connectivity index (χ0v) is 14.5. The van der Waals surface area contributed by atoms with Gasteiger partial charge in [0, 0.05) is 5.92 Å². The Kier molecular flexibility index (Phi) is 4.17. The van der Waals surface area contributed by atoms with Crippen LogP contribution in [0.1, 0.15) is 36.3 Å². The highest BCUT2D eigenvalue weighted by Gasteiger charge is 2.40. The molecular formula is C20H18F3N3O. The van der Waals surface area contributed by atoms with Gasteiger partial charge in [-0.05, 0) is 35.6 Å². The van der Waals surface area contributed by atoms with Gasteiger partial charge in [0.1, 0.15) is 0 Å². The molecule has 0 saturated heterocycles. The van der Waals surface area contributed by atoms with E-state index in [-0.39, 0.29) is 22.9 Å². The number of nitrogens with one attached hydrogen (secondary N) is 2. The summed E-state index contributed by atoms with van der Waals surface area (Å²) in [5.41, 5.74) is 2.09. The largest absolute Gasteiger partial charge is 0.449 e. The fraction of sp³-hybridized carbons (Fsp3) is 0.300. The Balaban J connectivity index is 1.71. The number of fused-ring (bicyclic) bond motifs is 1. The van der Waals surface area contributed by atoms with Gasteiger partial charge in [-0.2, -0.15) is 13.2 Å². The third-order valence-corrected chi connectivity index (χ3v) is 4.97. The second kappa shape index (κ2) is 6.40. The third kappa shape index (κ3) is 3.54. The summed E-state index contributed by atoms with van der Waals surface area (Å²) in [6.07, 6.45) is -3.67. The lowest BCUT2D eigenvalue weighted by atomic mass is 9.98. The summed E-state index contributed by atoms with van der Waals surface area (Å²) < 4.78 is 38.7. The molecule has 140 valence electrons. The SMILES string of the molecule is CC1CC1C(=O)NC(c1ccccc1)c1ccc2nc(C(F)(F)F)[nH]c2c1. The molecule has 4 rings (SSSR count). The fourth-order valence-corrected chi connectivity index (χ4v) is 3.28. The molecule has 7 heteroatoms. The van der Waals surface area contributed by atoms with Gasteiger partial charge in [0.05, 0.1) is 17.1 Å². The Morgan fingerprint density at radius 1 is 1.19 bits per heavy atom. The third-order valence-electron chi connectivity index (χ3n) is 4.97. The van der Waals surface area contributed by atoms with Crippen LogP contribution in [0.15, 0.2) is 48.5 Å². The number of benzene rings is 2. The summed E-state index contributed by atoms with van der Waals surface area (Å²) in [5, 5.41) is 3.05. The van der Waals surface area contributed by atoms with Crippen LogP contribution < -0.4 is 5.32 Å². The maximum atomic E-state index is 12.9. The molecule has 1 amide bonds. The van der Waals surface area contributed by atoms with Gasteiger partial charge in [0.15, 0.2) is 0 Å². The molecule has 3 atom stereocenters. The second-order valence-electron chi connectivity index (χ2n) is 7.03. The second-order valence-corrected chi connectivity index (χ2v) is 7.03. The van der Waals surface area contributed by atoms with Crippen LogP contribution >= 0.6 is 0 Å². The van der Waals surface area contributed by atoms with Crippen molar-refractivity contribution in [2.24, 2.45) is 11.8 Å². The number of alkyl halides is 3. The molecule has 1 heterocycles. The van der Waals surface area contributed by atoms with Gasteiger partial charge >= 0.3 is 6.18 Å². The van der Waals surface area contributed by atoms with Crippen LogP contribution in [0.25, 0.3) is 11.0 Å². The lowest BCUT2D eigenvalue weighted by molar-refractivity contribution is -0.144. The molecule has 1 fully saturated rings. The molecule has 0 aliphatic heterocycles. The van der Waals surface area contributed by atoms with Crippen LogP contribution in [0.3, 0.4) is 0 Å². The van der Waals surface area contributed by atoms with E-state index in [9.17, 15) is 18.0 Å². The monoisotopic (exact) mass is 373 g/mol. The van der Waals surface area contributed by atoms with Crippen molar-refractivity contribution in [2.45, 2.75) is 25.6 Å². The van der Waals surface area contributed by atoms with E-state index in [0.717, 1.165) is 12.0 Å². The van der Waals surface area contributed by atoms with Crippen LogP contribution in [0.4, 0.5) is 13.2 Å². The maximum absolute atomic E-state index is 12.9. The zero-order chi connectivity index (χ0) is 19.2. The highest BCUT2D eigenvalue weighted by Crippen LogP contribution is 2.39. The number of halogens is 3. The average Bonchev–Trinajstić information content (AvgIpc) is 3.20. The highest BCUT2D eigenvalue weighted by atomic mass is 19.4. The quantitative estimate of drug-likeness (QED) is 0.710. The van der Waals surface area contributed by atoms with Crippen molar-refractivity contribution in [3.05, 3.63) is 65.5 Å². The minimum Gasteiger partial charge on any atom is -0.345 e. The summed E-state index contributed by atoms with van der Waals surface area (Å²) in [4.78, 5) is 18.4. The van der Waals surface area contributed by atoms with Crippen LogP contribution in [0.5, 0.6) is 0 Å². The molecule has 3 aromatic rings. The minimum atomic E-state index is -4.53. The standard InChI is InChI=1S/C20H18F3N3O/c1-11-9-14(11)18(27)26-17(12-5-3-2-4-6-12)13-7-8-15-16(10-13)25-19(24-15)20(21,22)23/h2-8,10-11,14,17H,9H2,1H3,(H,24,25)(H,26,27). The number of nitrogens with zero attached hydrogens (tertiary/aromatic N) is 1. The first kappa shape index (κ1) is 17.6. The number of hydrogen-bond acceptors (Lipinski definition) is 2. The molecule has 4 nitrogen and oxygen atoms in total. The first-order valence-corrected chi connectivity index (χ1v) is 8.75. The van der Waals surface area contributed by atoms with E-state index < -0.39 is 18.0 Å². The van der Waals surface area contributed by atoms with E-state index >= 15 is 0 Å². The molecule has 1 aliphatic rings. The highest BCUT2D eigenvalue weighted by molar-refractivity contribution is 5.83. The van der Waals surface area contributed by atoms with Crippen LogP contribution in [-0.2, 0) is 11.0 Å². The number of imidazole rings is 1. The van der Waals surface area contributed by atoms with E-state index in [0.29, 0.717) is 11.5 Å². The van der Waals surface area contributed by atoms with Crippen molar-refractivity contribution in [1.82, 2.24) is 15.3 Å². The summed E-state index contributed by atoms with van der Waals surface area (Å²) in [7, 11) is 0. The van der Waals surface area contributed by atoms with Gasteiger partial charge in [0.2, 0.25) is 11.7 Å². The first-order chi connectivity index (χ1) is 12.8. The molecular weight excluding hydrogens is 355 g/mol. The predicted octanol–water partition coefficient (Wildman–Crippen LogP) is 4.44. The van der Waals surface area contributed by atoms with Gasteiger partial charge in [-0.1, -0.05) is 43.3 Å². The Hall–Kier alpha value is -2.83. The van der Waals surface area contributed by atoms with E-state index in [2.05, 4.69) is 15.3 Å². The minimum absolute atomic E-state index is 0.00364. The van der Waals surface area contributed by atoms with Gasteiger partial charge in [-0.25, -0.2) is 4.98 Å². The van der Waals surface area contributed by atoms with Crippen molar-refractivity contribution in [3.63, 3.8) is 0 Å². The van der Waals surface area contributed by atoms with Crippen molar-refractivity contribution in [1.29, 1.82) is 0 Å². The van der Waals surface area contributed by atoms with Crippen LogP contribution in [0, 0.1) is 11.8 Å². The van der Waals surface area contributed by atoms with Gasteiger partial charge < -0.3 is 10.3 Å². The van der Waals surface area contributed by atoms with Gasteiger partial charge in [0.25, 0.3) is 0 Å². The average molecular weight is 373 g/mol. The molecule has 0 radical (unpaired) electrons. The lowest BCUT2D eigenvalue weighted by Crippen LogP contribution is -2.30. The number of hydrogen-bond donors (Lipinski definition) is 2. The van der Waals surface area contributed by atoms with Crippen molar-refractivity contribution in [3.8, 4) is 0 Å². The number of aromatic amines is 1. The first-order valence-electron chi connectivity index (χ1n) is 8.75. The van der Waals surface area contributed by atoms with Gasteiger partial charge in [-0.3, -0.25) is 4.79 Å². The summed E-state index contributed by atoms with van der Waals surface area (Å²) in [5.74, 6) is -0.687. The zero-order valence-electron chi connectivity index (χ0n) is 14.5. The molecule has 3 unspecified atom stereocenters. The van der Waals surface area contributed by atoms with E-state index in [1.54, 1.807) is 12.1 Å². The van der Waals surface area contributed by atoms with Crippen molar-refractivity contribution >= 4 is 16.9 Å². The summed E-state index contributed by atoms with van der Waals surface area (Å²) >= 11 is 0. The Morgan fingerprint density at radius 3 is 2.52 bits per heavy atom. The molecule has 1 aromatic heterocycles. The molecule has 2 aromatic carbocycles. The van der Waals surface area contributed by atoms with E-state index in [1.807, 2.05) is 37.3 Å². The Labute approximate surface area is 153 Å². The number of H-pyrrole nitrogens is 1. The number of amides is 1. The van der Waals surface area contributed by atoms with Crippen LogP contribution in [0.2, 0.25) is 0 Å².